The van der Waals surface area contributed by atoms with Crippen LogP contribution in [0.2, 0.25) is 5.02 Å². The Morgan fingerprint density at radius 2 is 1.71 bits per heavy atom. The quantitative estimate of drug-likeness (QED) is 0.343. The molecule has 5 heteroatoms. The van der Waals surface area contributed by atoms with Crippen LogP contribution >= 0.6 is 11.6 Å². The predicted molar refractivity (Wildman–Crippen MR) is 128 cm³/mol. The average Bonchev–Trinajstić information content (AvgIpc) is 3.20. The largest absolute Gasteiger partial charge is 0.365 e. The maximum Gasteiger partial charge on any atom is 0.150 e. The monoisotopic (exact) mass is 424 g/mol. The van der Waals surface area contributed by atoms with Gasteiger partial charge in [0.25, 0.3) is 0 Å². The zero-order valence-corrected chi connectivity index (χ0v) is 17.8. The second-order valence-corrected chi connectivity index (χ2v) is 7.89. The summed E-state index contributed by atoms with van der Waals surface area (Å²) in [6.07, 6.45) is 3.75. The smallest absolute Gasteiger partial charge is 0.150 e. The van der Waals surface area contributed by atoms with Gasteiger partial charge in [0.2, 0.25) is 0 Å². The van der Waals surface area contributed by atoms with Crippen molar-refractivity contribution in [3.05, 3.63) is 108 Å². The zero-order valence-electron chi connectivity index (χ0n) is 17.1. The van der Waals surface area contributed by atoms with Crippen molar-refractivity contribution in [2.45, 2.75) is 13.5 Å². The third-order valence-electron chi connectivity index (χ3n) is 5.35. The van der Waals surface area contributed by atoms with Crippen LogP contribution in [0, 0.1) is 6.92 Å². The second-order valence-electron chi connectivity index (χ2n) is 7.48. The molecule has 152 valence electrons. The molecule has 0 radical (unpaired) electrons. The standard InChI is InChI=1S/C26H21ClN4/c1-18-8-7-12-21(14-18)31-16-22(19-9-3-2-4-10-19)24-25(29-17-30-26(24)31)28-15-20-11-5-6-13-23(20)27/h2-14,16-17H,15H2,1H3,(H,28,29,30). The van der Waals surface area contributed by atoms with Crippen LogP contribution < -0.4 is 5.32 Å². The van der Waals surface area contributed by atoms with Crippen molar-refractivity contribution < 1.29 is 0 Å². The number of aryl methyl sites for hydroxylation is 1. The van der Waals surface area contributed by atoms with Gasteiger partial charge in [0.05, 0.1) is 5.39 Å². The highest BCUT2D eigenvalue weighted by molar-refractivity contribution is 6.31. The van der Waals surface area contributed by atoms with Crippen molar-refractivity contribution in [3.63, 3.8) is 0 Å². The number of aromatic nitrogens is 3. The molecule has 0 atom stereocenters. The highest BCUT2D eigenvalue weighted by atomic mass is 35.5. The number of nitrogens with zero attached hydrogens (tertiary/aromatic N) is 3. The van der Waals surface area contributed by atoms with Crippen molar-refractivity contribution in [2.24, 2.45) is 0 Å². The van der Waals surface area contributed by atoms with Gasteiger partial charge in [-0.2, -0.15) is 0 Å². The minimum absolute atomic E-state index is 0.579. The van der Waals surface area contributed by atoms with Crippen molar-refractivity contribution in [1.29, 1.82) is 0 Å². The molecule has 5 aromatic rings. The highest BCUT2D eigenvalue weighted by Gasteiger charge is 2.17. The van der Waals surface area contributed by atoms with Crippen molar-refractivity contribution >= 4 is 28.5 Å². The summed E-state index contributed by atoms with van der Waals surface area (Å²) in [5.74, 6) is 0.787. The lowest BCUT2D eigenvalue weighted by Crippen LogP contribution is -2.03. The lowest BCUT2D eigenvalue weighted by atomic mass is 10.1. The first-order valence-corrected chi connectivity index (χ1v) is 10.5. The van der Waals surface area contributed by atoms with Crippen molar-refractivity contribution in [2.75, 3.05) is 5.32 Å². The van der Waals surface area contributed by atoms with Gasteiger partial charge in [-0.3, -0.25) is 0 Å². The molecule has 0 bridgehead atoms. The number of hydrogen-bond donors (Lipinski definition) is 1. The molecule has 2 heterocycles. The summed E-state index contributed by atoms with van der Waals surface area (Å²) in [7, 11) is 0. The maximum absolute atomic E-state index is 6.36. The summed E-state index contributed by atoms with van der Waals surface area (Å²) in [6.45, 7) is 2.68. The Bertz CT molecular complexity index is 1360. The molecule has 1 N–H and O–H groups in total. The normalized spacial score (nSPS) is 11.0. The molecule has 0 unspecified atom stereocenters. The zero-order chi connectivity index (χ0) is 21.2. The number of nitrogens with one attached hydrogen (secondary N) is 1. The van der Waals surface area contributed by atoms with Gasteiger partial charge >= 0.3 is 0 Å². The topological polar surface area (TPSA) is 42.7 Å². The second kappa shape index (κ2) is 8.25. The summed E-state index contributed by atoms with van der Waals surface area (Å²) < 4.78 is 2.13. The van der Waals surface area contributed by atoms with Crippen LogP contribution in [0.15, 0.2) is 91.4 Å². The number of benzene rings is 3. The van der Waals surface area contributed by atoms with Crippen LogP contribution in [-0.2, 0) is 6.54 Å². The Balaban J connectivity index is 1.67. The van der Waals surface area contributed by atoms with Crippen LogP contribution in [0.1, 0.15) is 11.1 Å². The van der Waals surface area contributed by atoms with E-state index in [2.05, 4.69) is 69.4 Å². The fourth-order valence-electron chi connectivity index (χ4n) is 3.83. The maximum atomic E-state index is 6.36. The Hall–Kier alpha value is -3.63. The lowest BCUT2D eigenvalue weighted by Gasteiger charge is -2.10. The van der Waals surface area contributed by atoms with E-state index in [-0.39, 0.29) is 0 Å². The van der Waals surface area contributed by atoms with E-state index in [1.807, 2.05) is 42.5 Å². The predicted octanol–water partition coefficient (Wildman–Crippen LogP) is 6.66. The van der Waals surface area contributed by atoms with E-state index >= 15 is 0 Å². The van der Waals surface area contributed by atoms with Crippen molar-refractivity contribution in [3.8, 4) is 16.8 Å². The van der Waals surface area contributed by atoms with Gasteiger partial charge in [-0.1, -0.05) is 72.3 Å². The molecule has 0 saturated carbocycles. The third kappa shape index (κ3) is 3.78. The minimum atomic E-state index is 0.579. The molecule has 31 heavy (non-hydrogen) atoms. The van der Waals surface area contributed by atoms with Gasteiger partial charge in [-0.15, -0.1) is 0 Å². The first-order chi connectivity index (χ1) is 15.2. The van der Waals surface area contributed by atoms with E-state index in [0.29, 0.717) is 6.54 Å². The molecule has 0 fully saturated rings. The Kier molecular flexibility index (Phi) is 5.14. The Morgan fingerprint density at radius 1 is 0.903 bits per heavy atom. The summed E-state index contributed by atoms with van der Waals surface area (Å²) in [5.41, 5.74) is 6.36. The van der Waals surface area contributed by atoms with Crippen molar-refractivity contribution in [1.82, 2.24) is 14.5 Å². The van der Waals surface area contributed by atoms with Crippen LogP contribution in [0.5, 0.6) is 0 Å². The third-order valence-corrected chi connectivity index (χ3v) is 5.72. The number of halogens is 1. The van der Waals surface area contributed by atoms with Gasteiger partial charge in [0, 0.05) is 29.0 Å². The molecule has 0 aliphatic rings. The summed E-state index contributed by atoms with van der Waals surface area (Å²) in [4.78, 5) is 9.24. The van der Waals surface area contributed by atoms with Gasteiger partial charge in [0.1, 0.15) is 12.1 Å². The molecule has 0 aliphatic carbocycles. The van der Waals surface area contributed by atoms with E-state index in [1.54, 1.807) is 6.33 Å². The van der Waals surface area contributed by atoms with Gasteiger partial charge in [-0.25, -0.2) is 9.97 Å². The molecule has 0 aliphatic heterocycles. The fourth-order valence-corrected chi connectivity index (χ4v) is 4.03. The molecule has 2 aromatic heterocycles. The number of anilines is 1. The summed E-state index contributed by atoms with van der Waals surface area (Å²) in [5, 5.41) is 5.21. The molecule has 4 nitrogen and oxygen atoms in total. The number of fused-ring (bicyclic) bond motifs is 1. The Morgan fingerprint density at radius 3 is 2.52 bits per heavy atom. The molecule has 3 aromatic carbocycles. The first-order valence-electron chi connectivity index (χ1n) is 10.2. The van der Waals surface area contributed by atoms with E-state index in [0.717, 1.165) is 44.3 Å². The lowest BCUT2D eigenvalue weighted by molar-refractivity contribution is 1.06. The summed E-state index contributed by atoms with van der Waals surface area (Å²) in [6, 6.07) is 26.6. The average molecular weight is 425 g/mol. The molecular weight excluding hydrogens is 404 g/mol. The summed E-state index contributed by atoms with van der Waals surface area (Å²) >= 11 is 6.36. The van der Waals surface area contributed by atoms with Crippen LogP contribution in [-0.4, -0.2) is 14.5 Å². The van der Waals surface area contributed by atoms with Crippen LogP contribution in [0.4, 0.5) is 5.82 Å². The number of hydrogen-bond acceptors (Lipinski definition) is 3. The Labute approximate surface area is 186 Å². The van der Waals surface area contributed by atoms with E-state index in [4.69, 9.17) is 11.6 Å². The fraction of sp³-hybridized carbons (Fsp3) is 0.0769. The molecule has 5 rings (SSSR count). The molecule has 0 spiro atoms. The van der Waals surface area contributed by atoms with E-state index in [1.165, 1.54) is 5.56 Å². The molecule has 0 amide bonds. The van der Waals surface area contributed by atoms with Gasteiger partial charge in [-0.05, 0) is 41.8 Å². The van der Waals surface area contributed by atoms with Gasteiger partial charge < -0.3 is 9.88 Å². The highest BCUT2D eigenvalue weighted by Crippen LogP contribution is 2.35. The SMILES string of the molecule is Cc1cccc(-n2cc(-c3ccccc3)c3c(NCc4ccccc4Cl)ncnc32)c1. The molecule has 0 saturated heterocycles. The van der Waals surface area contributed by atoms with E-state index in [9.17, 15) is 0 Å². The van der Waals surface area contributed by atoms with E-state index < -0.39 is 0 Å². The number of rotatable bonds is 5. The molecular formula is C26H21ClN4. The van der Waals surface area contributed by atoms with Gasteiger partial charge in [0.15, 0.2) is 5.65 Å². The minimum Gasteiger partial charge on any atom is -0.365 e. The van der Waals surface area contributed by atoms with Crippen LogP contribution in [0.3, 0.4) is 0 Å². The first kappa shape index (κ1) is 19.3. The van der Waals surface area contributed by atoms with Crippen LogP contribution in [0.25, 0.3) is 27.8 Å².